The first-order valence-corrected chi connectivity index (χ1v) is 8.56. The van der Waals surface area contributed by atoms with Crippen LogP contribution in [0.25, 0.3) is 0 Å². The highest BCUT2D eigenvalue weighted by Gasteiger charge is 2.13. The Morgan fingerprint density at radius 1 is 1.26 bits per heavy atom. The van der Waals surface area contributed by atoms with Crippen molar-refractivity contribution in [2.75, 3.05) is 6.54 Å². The Morgan fingerprint density at radius 3 is 2.74 bits per heavy atom. The van der Waals surface area contributed by atoms with Crippen molar-refractivity contribution >= 4 is 31.9 Å². The van der Waals surface area contributed by atoms with Gasteiger partial charge in [0, 0.05) is 15.0 Å². The lowest BCUT2D eigenvalue weighted by Gasteiger charge is -2.20. The van der Waals surface area contributed by atoms with Crippen molar-refractivity contribution in [3.8, 4) is 0 Å². The Kier molecular flexibility index (Phi) is 8.67. The summed E-state index contributed by atoms with van der Waals surface area (Å²) in [5.74, 6) is 0. The fourth-order valence-corrected chi connectivity index (χ4v) is 3.11. The van der Waals surface area contributed by atoms with E-state index in [2.05, 4.69) is 68.9 Å². The van der Waals surface area contributed by atoms with Crippen LogP contribution >= 0.6 is 31.9 Å². The lowest BCUT2D eigenvalue weighted by Crippen LogP contribution is -2.21. The van der Waals surface area contributed by atoms with Crippen molar-refractivity contribution in [2.45, 2.75) is 45.1 Å². The van der Waals surface area contributed by atoms with E-state index in [1.807, 2.05) is 6.08 Å². The van der Waals surface area contributed by atoms with Crippen LogP contribution in [0.3, 0.4) is 0 Å². The van der Waals surface area contributed by atoms with Crippen molar-refractivity contribution in [1.29, 1.82) is 0 Å². The molecule has 0 aliphatic rings. The van der Waals surface area contributed by atoms with Crippen molar-refractivity contribution in [3.63, 3.8) is 0 Å². The van der Waals surface area contributed by atoms with Crippen molar-refractivity contribution in [1.82, 2.24) is 5.32 Å². The van der Waals surface area contributed by atoms with Gasteiger partial charge in [-0.05, 0) is 49.6 Å². The van der Waals surface area contributed by atoms with Gasteiger partial charge in [-0.15, -0.1) is 6.58 Å². The van der Waals surface area contributed by atoms with Crippen LogP contribution in [0.4, 0.5) is 0 Å². The number of unbranched alkanes of at least 4 members (excludes halogenated alkanes) is 3. The zero-order valence-corrected chi connectivity index (χ0v) is 14.8. The van der Waals surface area contributed by atoms with Crippen molar-refractivity contribution in [2.24, 2.45) is 0 Å². The average Bonchev–Trinajstić information content (AvgIpc) is 2.40. The predicted octanol–water partition coefficient (Wildman–Crippen LogP) is 6.00. The topological polar surface area (TPSA) is 12.0 Å². The molecule has 0 amide bonds. The van der Waals surface area contributed by atoms with Gasteiger partial charge in [0.15, 0.2) is 0 Å². The van der Waals surface area contributed by atoms with Crippen LogP contribution in [0.1, 0.15) is 50.6 Å². The SMILES string of the molecule is C=CCCCCCC(NCC)c1cc(Br)ccc1Br. The highest BCUT2D eigenvalue weighted by Crippen LogP contribution is 2.30. The normalized spacial score (nSPS) is 12.4. The standard InChI is InChI=1S/C16H23Br2N/c1-3-5-6-7-8-9-16(19-4-2)14-12-13(17)10-11-15(14)18/h3,10-12,16,19H,1,4-9H2,2H3. The molecule has 0 aromatic heterocycles. The molecular weight excluding hydrogens is 366 g/mol. The molecule has 3 heteroatoms. The van der Waals surface area contributed by atoms with Crippen molar-refractivity contribution < 1.29 is 0 Å². The highest BCUT2D eigenvalue weighted by molar-refractivity contribution is 9.11. The molecule has 1 aromatic carbocycles. The Morgan fingerprint density at radius 2 is 2.05 bits per heavy atom. The molecule has 1 atom stereocenters. The number of hydrogen-bond acceptors (Lipinski definition) is 1. The minimum absolute atomic E-state index is 0.431. The fourth-order valence-electron chi connectivity index (χ4n) is 2.21. The Bertz CT molecular complexity index is 390. The van der Waals surface area contributed by atoms with Gasteiger partial charge >= 0.3 is 0 Å². The van der Waals surface area contributed by atoms with E-state index in [0.717, 1.165) is 17.4 Å². The summed E-state index contributed by atoms with van der Waals surface area (Å²) in [5, 5.41) is 3.59. The van der Waals surface area contributed by atoms with Crippen LogP contribution in [0, 0.1) is 0 Å². The molecule has 1 N–H and O–H groups in total. The number of allylic oxidation sites excluding steroid dienone is 1. The molecule has 0 spiro atoms. The molecule has 0 saturated carbocycles. The fraction of sp³-hybridized carbons (Fsp3) is 0.500. The third-order valence-electron chi connectivity index (χ3n) is 3.19. The first-order chi connectivity index (χ1) is 9.19. The summed E-state index contributed by atoms with van der Waals surface area (Å²) in [4.78, 5) is 0. The monoisotopic (exact) mass is 387 g/mol. The van der Waals surface area contributed by atoms with E-state index < -0.39 is 0 Å². The molecular formula is C16H23Br2N. The lowest BCUT2D eigenvalue weighted by atomic mass is 10.00. The molecule has 1 nitrogen and oxygen atoms in total. The molecule has 1 aromatic rings. The molecule has 0 bridgehead atoms. The molecule has 0 aliphatic carbocycles. The second-order valence-corrected chi connectivity index (χ2v) is 6.47. The van der Waals surface area contributed by atoms with Crippen LogP contribution in [0.5, 0.6) is 0 Å². The second kappa shape index (κ2) is 9.73. The van der Waals surface area contributed by atoms with Crippen LogP contribution < -0.4 is 5.32 Å². The molecule has 0 heterocycles. The van der Waals surface area contributed by atoms with Crippen LogP contribution in [0.15, 0.2) is 39.8 Å². The maximum Gasteiger partial charge on any atom is 0.0331 e. The minimum atomic E-state index is 0.431. The Labute approximate surface area is 134 Å². The van der Waals surface area contributed by atoms with Crippen LogP contribution in [0.2, 0.25) is 0 Å². The van der Waals surface area contributed by atoms with E-state index >= 15 is 0 Å². The van der Waals surface area contributed by atoms with E-state index in [0.29, 0.717) is 6.04 Å². The van der Waals surface area contributed by atoms with Crippen LogP contribution in [-0.4, -0.2) is 6.54 Å². The summed E-state index contributed by atoms with van der Waals surface area (Å²) in [5.41, 5.74) is 1.35. The average molecular weight is 389 g/mol. The van der Waals surface area contributed by atoms with E-state index in [-0.39, 0.29) is 0 Å². The Hall–Kier alpha value is -0.120. The molecule has 0 saturated heterocycles. The third kappa shape index (κ3) is 6.24. The number of halogens is 2. The molecule has 1 rings (SSSR count). The summed E-state index contributed by atoms with van der Waals surface area (Å²) >= 11 is 7.22. The summed E-state index contributed by atoms with van der Waals surface area (Å²) in [6.45, 7) is 6.93. The Balaban J connectivity index is 2.60. The molecule has 1 unspecified atom stereocenters. The van der Waals surface area contributed by atoms with Gasteiger partial charge in [-0.1, -0.05) is 57.7 Å². The minimum Gasteiger partial charge on any atom is -0.310 e. The van der Waals surface area contributed by atoms with E-state index in [1.165, 1.54) is 35.7 Å². The molecule has 0 fully saturated rings. The third-order valence-corrected chi connectivity index (χ3v) is 4.40. The van der Waals surface area contributed by atoms with Gasteiger partial charge in [0.05, 0.1) is 0 Å². The van der Waals surface area contributed by atoms with Gasteiger partial charge in [0.25, 0.3) is 0 Å². The van der Waals surface area contributed by atoms with E-state index in [4.69, 9.17) is 0 Å². The predicted molar refractivity (Wildman–Crippen MR) is 91.5 cm³/mol. The molecule has 0 radical (unpaired) electrons. The first kappa shape index (κ1) is 16.9. The molecule has 0 aliphatic heterocycles. The van der Waals surface area contributed by atoms with Gasteiger partial charge in [-0.25, -0.2) is 0 Å². The summed E-state index contributed by atoms with van der Waals surface area (Å²) in [6, 6.07) is 6.82. The number of hydrogen-bond donors (Lipinski definition) is 1. The summed E-state index contributed by atoms with van der Waals surface area (Å²) in [7, 11) is 0. The number of rotatable bonds is 9. The van der Waals surface area contributed by atoms with E-state index in [1.54, 1.807) is 0 Å². The lowest BCUT2D eigenvalue weighted by molar-refractivity contribution is 0.482. The van der Waals surface area contributed by atoms with Gasteiger partial charge < -0.3 is 5.32 Å². The van der Waals surface area contributed by atoms with Gasteiger partial charge in [0.1, 0.15) is 0 Å². The van der Waals surface area contributed by atoms with Gasteiger partial charge in [-0.2, -0.15) is 0 Å². The van der Waals surface area contributed by atoms with Gasteiger partial charge in [0.2, 0.25) is 0 Å². The maximum atomic E-state index is 3.77. The zero-order chi connectivity index (χ0) is 14.1. The second-order valence-electron chi connectivity index (χ2n) is 4.70. The summed E-state index contributed by atoms with van der Waals surface area (Å²) < 4.78 is 2.33. The van der Waals surface area contributed by atoms with Crippen LogP contribution in [-0.2, 0) is 0 Å². The first-order valence-electron chi connectivity index (χ1n) is 6.98. The quantitative estimate of drug-likeness (QED) is 0.404. The molecule has 106 valence electrons. The number of benzene rings is 1. The van der Waals surface area contributed by atoms with E-state index in [9.17, 15) is 0 Å². The summed E-state index contributed by atoms with van der Waals surface area (Å²) in [6.07, 6.45) is 8.10. The van der Waals surface area contributed by atoms with Crippen molar-refractivity contribution in [3.05, 3.63) is 45.4 Å². The largest absolute Gasteiger partial charge is 0.310 e. The van der Waals surface area contributed by atoms with Gasteiger partial charge in [-0.3, -0.25) is 0 Å². The zero-order valence-electron chi connectivity index (χ0n) is 11.6. The number of nitrogens with one attached hydrogen (secondary N) is 1. The molecule has 19 heavy (non-hydrogen) atoms. The highest BCUT2D eigenvalue weighted by atomic mass is 79.9. The smallest absolute Gasteiger partial charge is 0.0331 e. The maximum absolute atomic E-state index is 3.77.